The Balaban J connectivity index is 1.90. The number of aliphatic hydroxyl groups excluding tert-OH is 1. The van der Waals surface area contributed by atoms with Crippen LogP contribution in [-0.4, -0.2) is 41.7 Å². The van der Waals surface area contributed by atoms with Crippen LogP contribution in [0, 0.1) is 0 Å². The highest BCUT2D eigenvalue weighted by Gasteiger charge is 2.54. The first-order valence-electron chi connectivity index (χ1n) is 9.48. The first kappa shape index (κ1) is 21.7. The van der Waals surface area contributed by atoms with E-state index in [1.807, 2.05) is 65.8 Å². The van der Waals surface area contributed by atoms with E-state index in [2.05, 4.69) is 5.32 Å². The zero-order valence-electron chi connectivity index (χ0n) is 17.3. The van der Waals surface area contributed by atoms with Crippen molar-refractivity contribution in [2.24, 2.45) is 0 Å². The van der Waals surface area contributed by atoms with Gasteiger partial charge in [0.25, 0.3) is 0 Å². The minimum absolute atomic E-state index is 0.0144. The number of hydrogen-bond acceptors (Lipinski definition) is 5. The quantitative estimate of drug-likeness (QED) is 0.589. The molecule has 1 aromatic carbocycles. The molecule has 27 heavy (non-hydrogen) atoms. The van der Waals surface area contributed by atoms with E-state index in [-0.39, 0.29) is 6.61 Å². The van der Waals surface area contributed by atoms with Crippen LogP contribution in [0.5, 0.6) is 0 Å². The summed E-state index contributed by atoms with van der Waals surface area (Å²) in [5.74, 6) is 0. The van der Waals surface area contributed by atoms with Gasteiger partial charge in [0.1, 0.15) is 5.60 Å². The Kier molecular flexibility index (Phi) is 6.61. The second-order valence-corrected chi connectivity index (χ2v) is 8.74. The summed E-state index contributed by atoms with van der Waals surface area (Å²) in [5, 5.41) is 12.0. The zero-order valence-corrected chi connectivity index (χ0v) is 17.3. The van der Waals surface area contributed by atoms with Gasteiger partial charge in [-0.3, -0.25) is 0 Å². The molecule has 0 aromatic heterocycles. The number of hydrogen-bond donors (Lipinski definition) is 2. The molecule has 0 bridgehead atoms. The number of benzene rings is 1. The molecule has 1 aromatic rings. The predicted octanol–water partition coefficient (Wildman–Crippen LogP) is 2.76. The SMILES string of the molecule is CC(C)(C)OC(=O)NCCCC1(C)OB(c2ccc(CO)cc2)OC1(C)C. The molecule has 0 spiro atoms. The molecule has 7 heteroatoms. The monoisotopic (exact) mass is 377 g/mol. The maximum atomic E-state index is 11.7. The van der Waals surface area contributed by atoms with Gasteiger partial charge in [-0.15, -0.1) is 0 Å². The van der Waals surface area contributed by atoms with Crippen LogP contribution >= 0.6 is 0 Å². The number of alkyl carbamates (subject to hydrolysis) is 1. The van der Waals surface area contributed by atoms with Crippen LogP contribution < -0.4 is 10.8 Å². The van der Waals surface area contributed by atoms with E-state index < -0.39 is 30.0 Å². The van der Waals surface area contributed by atoms with Gasteiger partial charge in [-0.2, -0.15) is 0 Å². The second-order valence-electron chi connectivity index (χ2n) is 8.74. The molecule has 1 fully saturated rings. The third-order valence-corrected chi connectivity index (χ3v) is 4.98. The van der Waals surface area contributed by atoms with Gasteiger partial charge in [-0.1, -0.05) is 24.3 Å². The number of carbonyl (C=O) groups excluding carboxylic acids is 1. The minimum atomic E-state index is -0.501. The predicted molar refractivity (Wildman–Crippen MR) is 106 cm³/mol. The third-order valence-electron chi connectivity index (χ3n) is 4.98. The lowest BCUT2D eigenvalue weighted by atomic mass is 9.79. The van der Waals surface area contributed by atoms with Crippen LogP contribution in [0.3, 0.4) is 0 Å². The Hall–Kier alpha value is -1.57. The van der Waals surface area contributed by atoms with Crippen molar-refractivity contribution in [3.8, 4) is 0 Å². The molecule has 1 amide bonds. The molecule has 1 unspecified atom stereocenters. The Morgan fingerprint density at radius 2 is 1.81 bits per heavy atom. The molecule has 2 rings (SSSR count). The van der Waals surface area contributed by atoms with Crippen LogP contribution in [0.2, 0.25) is 0 Å². The first-order chi connectivity index (χ1) is 12.5. The summed E-state index contributed by atoms with van der Waals surface area (Å²) in [7, 11) is -0.448. The summed E-state index contributed by atoms with van der Waals surface area (Å²) in [6.45, 7) is 12.1. The Morgan fingerprint density at radius 3 is 2.37 bits per heavy atom. The maximum Gasteiger partial charge on any atom is 0.494 e. The number of rotatable bonds is 6. The van der Waals surface area contributed by atoms with Crippen molar-refractivity contribution in [3.63, 3.8) is 0 Å². The highest BCUT2D eigenvalue weighted by molar-refractivity contribution is 6.62. The average molecular weight is 377 g/mol. The topological polar surface area (TPSA) is 77.0 Å². The highest BCUT2D eigenvalue weighted by atomic mass is 16.7. The smallest absolute Gasteiger partial charge is 0.444 e. The summed E-state index contributed by atoms with van der Waals surface area (Å²) >= 11 is 0. The third kappa shape index (κ3) is 5.70. The van der Waals surface area contributed by atoms with Crippen molar-refractivity contribution in [2.45, 2.75) is 77.8 Å². The molecule has 1 atom stereocenters. The number of amides is 1. The van der Waals surface area contributed by atoms with Gasteiger partial charge in [-0.05, 0) is 65.4 Å². The van der Waals surface area contributed by atoms with Crippen LogP contribution in [0.4, 0.5) is 4.79 Å². The Bertz CT molecular complexity index is 641. The molecule has 0 saturated carbocycles. The largest absolute Gasteiger partial charge is 0.494 e. The number of aliphatic hydroxyl groups is 1. The van der Waals surface area contributed by atoms with E-state index in [1.54, 1.807) is 0 Å². The molecule has 1 aliphatic heterocycles. The van der Waals surface area contributed by atoms with Crippen molar-refractivity contribution in [1.82, 2.24) is 5.32 Å². The second kappa shape index (κ2) is 8.21. The van der Waals surface area contributed by atoms with Crippen molar-refractivity contribution in [2.75, 3.05) is 6.54 Å². The van der Waals surface area contributed by atoms with E-state index in [0.29, 0.717) is 6.54 Å². The fourth-order valence-electron chi connectivity index (χ4n) is 3.00. The highest BCUT2D eigenvalue weighted by Crippen LogP contribution is 2.40. The Morgan fingerprint density at radius 1 is 1.19 bits per heavy atom. The molecule has 1 saturated heterocycles. The van der Waals surface area contributed by atoms with Crippen LogP contribution in [0.25, 0.3) is 0 Å². The lowest BCUT2D eigenvalue weighted by Gasteiger charge is -2.36. The zero-order chi connectivity index (χ0) is 20.3. The van der Waals surface area contributed by atoms with E-state index >= 15 is 0 Å². The molecule has 1 heterocycles. The molecule has 2 N–H and O–H groups in total. The molecule has 150 valence electrons. The van der Waals surface area contributed by atoms with Gasteiger partial charge in [0.15, 0.2) is 0 Å². The molecule has 0 aliphatic carbocycles. The summed E-state index contributed by atoms with van der Waals surface area (Å²) in [4.78, 5) is 11.7. The van der Waals surface area contributed by atoms with Crippen molar-refractivity contribution >= 4 is 18.7 Å². The van der Waals surface area contributed by atoms with Crippen LogP contribution in [0.1, 0.15) is 59.9 Å². The average Bonchev–Trinajstić information content (AvgIpc) is 2.80. The number of nitrogens with one attached hydrogen (secondary N) is 1. The maximum absolute atomic E-state index is 11.7. The normalized spacial score (nSPS) is 22.0. The summed E-state index contributed by atoms with van der Waals surface area (Å²) in [6.07, 6.45) is 1.08. The Labute approximate surface area is 162 Å². The minimum Gasteiger partial charge on any atom is -0.444 e. The van der Waals surface area contributed by atoms with Crippen LogP contribution in [0.15, 0.2) is 24.3 Å². The fraction of sp³-hybridized carbons (Fsp3) is 0.650. The van der Waals surface area contributed by atoms with E-state index in [4.69, 9.17) is 14.0 Å². The van der Waals surface area contributed by atoms with Crippen molar-refractivity contribution in [1.29, 1.82) is 0 Å². The van der Waals surface area contributed by atoms with E-state index in [1.165, 1.54) is 0 Å². The lowest BCUT2D eigenvalue weighted by Crippen LogP contribution is -2.45. The fourth-order valence-corrected chi connectivity index (χ4v) is 3.00. The van der Waals surface area contributed by atoms with E-state index in [0.717, 1.165) is 23.9 Å². The van der Waals surface area contributed by atoms with Gasteiger partial charge < -0.3 is 24.5 Å². The summed E-state index contributed by atoms with van der Waals surface area (Å²) in [6, 6.07) is 7.58. The number of ether oxygens (including phenoxy) is 1. The van der Waals surface area contributed by atoms with Crippen molar-refractivity contribution < 1.29 is 23.9 Å². The van der Waals surface area contributed by atoms with Gasteiger partial charge in [0.05, 0.1) is 17.8 Å². The summed E-state index contributed by atoms with van der Waals surface area (Å²) < 4.78 is 17.7. The molecule has 6 nitrogen and oxygen atoms in total. The molecular formula is C20H32BNO5. The van der Waals surface area contributed by atoms with Crippen LogP contribution in [-0.2, 0) is 20.7 Å². The number of carbonyl (C=O) groups is 1. The molecule has 1 aliphatic rings. The van der Waals surface area contributed by atoms with Gasteiger partial charge >= 0.3 is 13.2 Å². The van der Waals surface area contributed by atoms with Gasteiger partial charge in [-0.25, -0.2) is 4.79 Å². The lowest BCUT2D eigenvalue weighted by molar-refractivity contribution is -0.0169. The summed E-state index contributed by atoms with van der Waals surface area (Å²) in [5.41, 5.74) is 0.324. The standard InChI is InChI=1S/C20H32BNO5/c1-18(2,3)25-17(24)22-13-7-12-20(6)19(4,5)26-21(27-20)16-10-8-15(14-23)9-11-16/h8-11,23H,7,12-14H2,1-6H3,(H,22,24). The van der Waals surface area contributed by atoms with Gasteiger partial charge in [0, 0.05) is 6.54 Å². The first-order valence-corrected chi connectivity index (χ1v) is 9.48. The molecular weight excluding hydrogens is 345 g/mol. The molecule has 0 radical (unpaired) electrons. The van der Waals surface area contributed by atoms with Gasteiger partial charge in [0.2, 0.25) is 0 Å². The van der Waals surface area contributed by atoms with E-state index in [9.17, 15) is 9.90 Å². The van der Waals surface area contributed by atoms with Crippen molar-refractivity contribution in [3.05, 3.63) is 29.8 Å².